The maximum atomic E-state index is 13.1. The average Bonchev–Trinajstić information content (AvgIpc) is 3.24. The van der Waals surface area contributed by atoms with E-state index in [1.807, 2.05) is 65.8 Å². The number of halogens is 1. The molecule has 2 aromatic rings. The summed E-state index contributed by atoms with van der Waals surface area (Å²) in [6.45, 7) is 7.44. The van der Waals surface area contributed by atoms with Crippen molar-refractivity contribution in [2.75, 3.05) is 6.61 Å². The second-order valence-corrected chi connectivity index (χ2v) is 9.42. The van der Waals surface area contributed by atoms with Gasteiger partial charge in [-0.1, -0.05) is 84.5 Å². The van der Waals surface area contributed by atoms with E-state index in [1.165, 1.54) is 17.8 Å². The van der Waals surface area contributed by atoms with E-state index in [1.54, 1.807) is 13.0 Å². The molecule has 2 aliphatic rings. The zero-order valence-corrected chi connectivity index (χ0v) is 21.1. The zero-order valence-electron chi connectivity index (χ0n) is 19.5. The van der Waals surface area contributed by atoms with Crippen molar-refractivity contribution in [3.63, 3.8) is 0 Å². The molecule has 1 amide bonds. The monoisotopic (exact) mass is 507 g/mol. The van der Waals surface area contributed by atoms with Crippen LogP contribution in [0.2, 0.25) is 5.02 Å². The van der Waals surface area contributed by atoms with Crippen LogP contribution in [0.4, 0.5) is 0 Å². The normalized spacial score (nSPS) is 17.8. The molecule has 0 bridgehead atoms. The Balaban J connectivity index is 1.64. The number of ether oxygens (including phenoxy) is 1. The van der Waals surface area contributed by atoms with Crippen LogP contribution in [0.5, 0.6) is 0 Å². The summed E-state index contributed by atoms with van der Waals surface area (Å²) in [5.41, 5.74) is 3.43. The van der Waals surface area contributed by atoms with E-state index in [2.05, 4.69) is 16.9 Å². The maximum Gasteiger partial charge on any atom is 0.338 e. The molecule has 4 rings (SSSR count). The van der Waals surface area contributed by atoms with E-state index in [4.69, 9.17) is 16.3 Å². The number of nitrogens with zero attached hydrogens (tertiary/aromatic N) is 2. The number of aliphatic imine (C=N–C) groups is 1. The lowest BCUT2D eigenvalue weighted by molar-refractivity contribution is -0.138. The molecule has 0 saturated heterocycles. The van der Waals surface area contributed by atoms with E-state index in [-0.39, 0.29) is 25.0 Å². The molecule has 2 aromatic carbocycles. The fourth-order valence-corrected chi connectivity index (χ4v) is 5.32. The molecular formula is C27H26ClN3O3S. The highest BCUT2D eigenvalue weighted by Gasteiger charge is 2.41. The summed E-state index contributed by atoms with van der Waals surface area (Å²) in [7, 11) is 0. The SMILES string of the molecule is C=CCOC(=O)C1=C(C)N=C2SC=C(CC(=O)NC(C)c3ccccc3)N2C1c1ccccc1Cl. The maximum absolute atomic E-state index is 13.1. The number of hydrogen-bond donors (Lipinski definition) is 1. The lowest BCUT2D eigenvalue weighted by Gasteiger charge is -2.36. The van der Waals surface area contributed by atoms with Crippen LogP contribution in [0.1, 0.15) is 43.5 Å². The highest BCUT2D eigenvalue weighted by Crippen LogP contribution is 2.46. The number of nitrogens with one attached hydrogen (secondary N) is 1. The molecule has 8 heteroatoms. The molecule has 0 spiro atoms. The Morgan fingerprint density at radius 1 is 1.23 bits per heavy atom. The first kappa shape index (κ1) is 24.8. The second kappa shape index (κ2) is 11.0. The molecule has 2 atom stereocenters. The molecule has 0 aliphatic carbocycles. The van der Waals surface area contributed by atoms with Crippen LogP contribution in [0.15, 0.2) is 94.6 Å². The van der Waals surface area contributed by atoms with Crippen LogP contribution in [0.3, 0.4) is 0 Å². The van der Waals surface area contributed by atoms with Crippen LogP contribution in [-0.4, -0.2) is 28.6 Å². The van der Waals surface area contributed by atoms with Gasteiger partial charge < -0.3 is 15.0 Å². The van der Waals surface area contributed by atoms with Gasteiger partial charge >= 0.3 is 5.97 Å². The number of carbonyl (C=O) groups excluding carboxylic acids is 2. The van der Waals surface area contributed by atoms with Crippen molar-refractivity contribution in [2.24, 2.45) is 4.99 Å². The summed E-state index contributed by atoms with van der Waals surface area (Å²) in [6.07, 6.45) is 1.64. The first-order valence-electron chi connectivity index (χ1n) is 11.2. The van der Waals surface area contributed by atoms with E-state index in [9.17, 15) is 9.59 Å². The molecule has 0 saturated carbocycles. The van der Waals surface area contributed by atoms with E-state index < -0.39 is 12.0 Å². The minimum Gasteiger partial charge on any atom is -0.458 e. The fourth-order valence-electron chi connectivity index (χ4n) is 4.12. The lowest BCUT2D eigenvalue weighted by atomic mass is 9.93. The number of esters is 1. The predicted octanol–water partition coefficient (Wildman–Crippen LogP) is 5.91. The zero-order chi connectivity index (χ0) is 24.9. The van der Waals surface area contributed by atoms with E-state index in [0.29, 0.717) is 21.5 Å². The van der Waals surface area contributed by atoms with Crippen molar-refractivity contribution in [2.45, 2.75) is 32.4 Å². The quantitative estimate of drug-likeness (QED) is 0.355. The summed E-state index contributed by atoms with van der Waals surface area (Å²) in [5.74, 6) is -0.622. The van der Waals surface area contributed by atoms with Crippen molar-refractivity contribution in [3.8, 4) is 0 Å². The molecule has 180 valence electrons. The third-order valence-corrected chi connectivity index (χ3v) is 7.00. The van der Waals surface area contributed by atoms with Gasteiger partial charge in [0.25, 0.3) is 0 Å². The second-order valence-electron chi connectivity index (χ2n) is 8.18. The summed E-state index contributed by atoms with van der Waals surface area (Å²) in [4.78, 5) is 32.7. The van der Waals surface area contributed by atoms with Crippen LogP contribution < -0.4 is 5.32 Å². The van der Waals surface area contributed by atoms with Crippen molar-refractivity contribution in [3.05, 3.63) is 106 Å². The Morgan fingerprint density at radius 2 is 1.94 bits per heavy atom. The van der Waals surface area contributed by atoms with Gasteiger partial charge in [-0.3, -0.25) is 4.79 Å². The summed E-state index contributed by atoms with van der Waals surface area (Å²) in [5, 5.41) is 6.16. The van der Waals surface area contributed by atoms with Gasteiger partial charge in [-0.2, -0.15) is 0 Å². The van der Waals surface area contributed by atoms with Gasteiger partial charge in [0, 0.05) is 10.7 Å². The molecule has 0 radical (unpaired) electrons. The predicted molar refractivity (Wildman–Crippen MR) is 141 cm³/mol. The number of amides is 1. The fraction of sp³-hybridized carbons (Fsp3) is 0.222. The van der Waals surface area contributed by atoms with Gasteiger partial charge in [-0.05, 0) is 36.4 Å². The minimum atomic E-state index is -0.575. The van der Waals surface area contributed by atoms with E-state index in [0.717, 1.165) is 16.8 Å². The number of benzene rings is 2. The van der Waals surface area contributed by atoms with Gasteiger partial charge in [0.05, 0.1) is 29.8 Å². The summed E-state index contributed by atoms with van der Waals surface area (Å²) in [6, 6.07) is 16.4. The number of rotatable bonds is 8. The third kappa shape index (κ3) is 5.36. The minimum absolute atomic E-state index is 0.0820. The third-order valence-electron chi connectivity index (χ3n) is 5.77. The smallest absolute Gasteiger partial charge is 0.338 e. The first-order chi connectivity index (χ1) is 16.9. The van der Waals surface area contributed by atoms with Crippen molar-refractivity contribution in [1.82, 2.24) is 10.2 Å². The van der Waals surface area contributed by atoms with Gasteiger partial charge in [0.2, 0.25) is 5.91 Å². The number of carbonyl (C=O) groups is 2. The Labute approximate surface area is 214 Å². The van der Waals surface area contributed by atoms with Crippen molar-refractivity contribution >= 4 is 40.4 Å². The van der Waals surface area contributed by atoms with E-state index >= 15 is 0 Å². The average molecular weight is 508 g/mol. The van der Waals surface area contributed by atoms with Gasteiger partial charge in [0.15, 0.2) is 5.17 Å². The Hall–Kier alpha value is -3.29. The highest BCUT2D eigenvalue weighted by atomic mass is 35.5. The van der Waals surface area contributed by atoms with Crippen molar-refractivity contribution in [1.29, 1.82) is 0 Å². The molecule has 2 aliphatic heterocycles. The molecular weight excluding hydrogens is 482 g/mol. The van der Waals surface area contributed by atoms with Crippen LogP contribution >= 0.6 is 23.4 Å². The van der Waals surface area contributed by atoms with Gasteiger partial charge in [0.1, 0.15) is 6.61 Å². The molecule has 2 unspecified atom stereocenters. The largest absolute Gasteiger partial charge is 0.458 e. The standard InChI is InChI=1S/C27H26ClN3O3S/c1-4-14-34-26(33)24-18(3)30-27-31(25(24)21-12-8-9-13-22(21)28)20(16-35-27)15-23(32)29-17(2)19-10-6-5-7-11-19/h4-13,16-17,25H,1,14-15H2,2-3H3,(H,29,32). The highest BCUT2D eigenvalue weighted by molar-refractivity contribution is 8.16. The molecule has 35 heavy (non-hydrogen) atoms. The molecule has 0 fully saturated rings. The first-order valence-corrected chi connectivity index (χ1v) is 12.5. The number of fused-ring (bicyclic) bond motifs is 1. The van der Waals surface area contributed by atoms with Crippen molar-refractivity contribution < 1.29 is 14.3 Å². The summed E-state index contributed by atoms with van der Waals surface area (Å²) >= 11 is 8.02. The topological polar surface area (TPSA) is 71.0 Å². The molecule has 6 nitrogen and oxygen atoms in total. The van der Waals surface area contributed by atoms with Crippen LogP contribution in [0, 0.1) is 0 Å². The molecule has 1 N–H and O–H groups in total. The number of hydrogen-bond acceptors (Lipinski definition) is 6. The van der Waals surface area contributed by atoms with Gasteiger partial charge in [-0.15, -0.1) is 0 Å². The Bertz CT molecular complexity index is 1240. The Kier molecular flexibility index (Phi) is 7.78. The molecule has 2 heterocycles. The number of allylic oxidation sites excluding steroid dienone is 1. The number of thioether (sulfide) groups is 1. The Morgan fingerprint density at radius 3 is 2.66 bits per heavy atom. The summed E-state index contributed by atoms with van der Waals surface area (Å²) < 4.78 is 5.40. The number of amidine groups is 1. The lowest BCUT2D eigenvalue weighted by Crippen LogP contribution is -2.38. The van der Waals surface area contributed by atoms with Crippen LogP contribution in [0.25, 0.3) is 0 Å². The molecule has 0 aromatic heterocycles. The van der Waals surface area contributed by atoms with Crippen LogP contribution in [-0.2, 0) is 14.3 Å². The van der Waals surface area contributed by atoms with Gasteiger partial charge in [-0.25, -0.2) is 9.79 Å².